The molecule has 1 fully saturated rings. The van der Waals surface area contributed by atoms with Gasteiger partial charge in [-0.05, 0) is 25.1 Å². The molecule has 1 heterocycles. The van der Waals surface area contributed by atoms with Gasteiger partial charge in [-0.2, -0.15) is 5.26 Å². The number of benzene rings is 1. The van der Waals surface area contributed by atoms with Gasteiger partial charge in [0.25, 0.3) is 0 Å². The van der Waals surface area contributed by atoms with Crippen LogP contribution < -0.4 is 5.32 Å². The lowest BCUT2D eigenvalue weighted by Crippen LogP contribution is -2.46. The van der Waals surface area contributed by atoms with Crippen molar-refractivity contribution in [1.82, 2.24) is 4.90 Å². The highest BCUT2D eigenvalue weighted by atomic mass is 79.9. The van der Waals surface area contributed by atoms with Gasteiger partial charge in [-0.25, -0.2) is 9.59 Å². The van der Waals surface area contributed by atoms with Crippen LogP contribution in [0.1, 0.15) is 12.5 Å². The lowest BCUT2D eigenvalue weighted by molar-refractivity contribution is -0.141. The Morgan fingerprint density at radius 1 is 1.57 bits per heavy atom. The molecule has 0 bridgehead atoms. The van der Waals surface area contributed by atoms with Gasteiger partial charge in [0.15, 0.2) is 0 Å². The maximum absolute atomic E-state index is 12.3. The number of carbonyl (C=O) groups excluding carboxylic acids is 1. The van der Waals surface area contributed by atoms with Crippen molar-refractivity contribution in [3.05, 3.63) is 28.2 Å². The molecule has 0 spiro atoms. The second-order valence-corrected chi connectivity index (χ2v) is 6.69. The van der Waals surface area contributed by atoms with Crippen LogP contribution in [0.3, 0.4) is 0 Å². The van der Waals surface area contributed by atoms with Crippen LogP contribution in [-0.2, 0) is 4.79 Å². The molecule has 2 rings (SSSR count). The fraction of sp³-hybridized carbons (Fsp3) is 0.308. The van der Waals surface area contributed by atoms with Crippen LogP contribution >= 0.6 is 27.7 Å². The van der Waals surface area contributed by atoms with Crippen LogP contribution in [0.4, 0.5) is 10.5 Å². The molecule has 6 nitrogen and oxygen atoms in total. The van der Waals surface area contributed by atoms with Gasteiger partial charge in [0.1, 0.15) is 12.1 Å². The van der Waals surface area contributed by atoms with Gasteiger partial charge in [0, 0.05) is 10.2 Å². The number of carbonyl (C=O) groups is 2. The maximum Gasteiger partial charge on any atom is 0.327 e. The third-order valence-electron chi connectivity index (χ3n) is 3.09. The Morgan fingerprint density at radius 2 is 2.29 bits per heavy atom. The smallest absolute Gasteiger partial charge is 0.327 e. The number of urea groups is 1. The molecule has 1 aromatic carbocycles. The van der Waals surface area contributed by atoms with E-state index in [0.29, 0.717) is 17.0 Å². The SMILES string of the molecule is CC1SCC(C(=O)O)N1C(=O)Nc1cc(Br)ccc1C#N. The molecule has 0 aromatic heterocycles. The van der Waals surface area contributed by atoms with Crippen molar-refractivity contribution < 1.29 is 14.7 Å². The van der Waals surface area contributed by atoms with Crippen LogP contribution in [0.2, 0.25) is 0 Å². The second kappa shape index (κ2) is 6.37. The number of halogens is 1. The lowest BCUT2D eigenvalue weighted by atomic mass is 10.2. The number of rotatable bonds is 2. The first-order valence-electron chi connectivity index (χ1n) is 6.07. The molecule has 1 saturated heterocycles. The normalized spacial score (nSPS) is 20.9. The zero-order valence-electron chi connectivity index (χ0n) is 11.0. The van der Waals surface area contributed by atoms with Crippen molar-refractivity contribution in [2.45, 2.75) is 18.3 Å². The molecule has 1 aliphatic heterocycles. The summed E-state index contributed by atoms with van der Waals surface area (Å²) in [6, 6.07) is 5.50. The average Bonchev–Trinajstić information content (AvgIpc) is 2.81. The van der Waals surface area contributed by atoms with Crippen molar-refractivity contribution in [2.75, 3.05) is 11.1 Å². The van der Waals surface area contributed by atoms with Crippen molar-refractivity contribution in [1.29, 1.82) is 5.26 Å². The van der Waals surface area contributed by atoms with E-state index in [0.717, 1.165) is 4.47 Å². The summed E-state index contributed by atoms with van der Waals surface area (Å²) in [7, 11) is 0. The first kappa shape index (κ1) is 15.7. The largest absolute Gasteiger partial charge is 0.480 e. The van der Waals surface area contributed by atoms with E-state index in [4.69, 9.17) is 10.4 Å². The number of nitrogens with one attached hydrogen (secondary N) is 1. The quantitative estimate of drug-likeness (QED) is 0.835. The Hall–Kier alpha value is -1.72. The summed E-state index contributed by atoms with van der Waals surface area (Å²) in [6.07, 6.45) is 0. The van der Waals surface area contributed by atoms with Crippen molar-refractivity contribution in [3.63, 3.8) is 0 Å². The highest BCUT2D eigenvalue weighted by Crippen LogP contribution is 2.30. The Bertz CT molecular complexity index is 632. The van der Waals surface area contributed by atoms with E-state index in [2.05, 4.69) is 21.2 Å². The van der Waals surface area contributed by atoms with E-state index < -0.39 is 18.0 Å². The molecular weight excluding hydrogens is 358 g/mol. The zero-order valence-corrected chi connectivity index (χ0v) is 13.4. The fourth-order valence-corrected chi connectivity index (χ4v) is 3.57. The first-order valence-corrected chi connectivity index (χ1v) is 7.91. The van der Waals surface area contributed by atoms with Gasteiger partial charge in [-0.1, -0.05) is 15.9 Å². The molecule has 2 amide bonds. The summed E-state index contributed by atoms with van der Waals surface area (Å²) in [5, 5.41) is 20.6. The van der Waals surface area contributed by atoms with E-state index in [1.54, 1.807) is 25.1 Å². The Labute approximate surface area is 134 Å². The van der Waals surface area contributed by atoms with Crippen LogP contribution in [0.15, 0.2) is 22.7 Å². The highest BCUT2D eigenvalue weighted by Gasteiger charge is 2.39. The van der Waals surface area contributed by atoms with Crippen LogP contribution in [0.25, 0.3) is 0 Å². The van der Waals surface area contributed by atoms with E-state index >= 15 is 0 Å². The third-order valence-corrected chi connectivity index (χ3v) is 4.80. The van der Waals surface area contributed by atoms with Crippen LogP contribution in [-0.4, -0.2) is 39.2 Å². The summed E-state index contributed by atoms with van der Waals surface area (Å²) >= 11 is 4.68. The lowest BCUT2D eigenvalue weighted by Gasteiger charge is -2.25. The standard InChI is InChI=1S/C13H12BrN3O3S/c1-7-17(11(6-21-7)12(18)19)13(20)16-10-4-9(14)3-2-8(10)5-15/h2-4,7,11H,6H2,1H3,(H,16,20)(H,18,19). The summed E-state index contributed by atoms with van der Waals surface area (Å²) in [5.74, 6) is -0.676. The number of hydrogen-bond donors (Lipinski definition) is 2. The topological polar surface area (TPSA) is 93.4 Å². The minimum Gasteiger partial charge on any atom is -0.480 e. The zero-order chi connectivity index (χ0) is 15.6. The van der Waals surface area contributed by atoms with Gasteiger partial charge >= 0.3 is 12.0 Å². The molecule has 110 valence electrons. The molecule has 0 saturated carbocycles. The van der Waals surface area contributed by atoms with Crippen molar-refractivity contribution in [2.24, 2.45) is 0 Å². The van der Waals surface area contributed by atoms with Gasteiger partial charge in [0.2, 0.25) is 0 Å². The van der Waals surface area contributed by atoms with Gasteiger partial charge in [-0.3, -0.25) is 4.90 Å². The fourth-order valence-electron chi connectivity index (χ4n) is 2.04. The van der Waals surface area contributed by atoms with E-state index in [1.165, 1.54) is 16.7 Å². The number of thioether (sulfide) groups is 1. The van der Waals surface area contributed by atoms with E-state index in [9.17, 15) is 9.59 Å². The maximum atomic E-state index is 12.3. The molecule has 8 heteroatoms. The summed E-state index contributed by atoms with van der Waals surface area (Å²) in [4.78, 5) is 24.8. The molecule has 1 aromatic rings. The minimum absolute atomic E-state index is 0.233. The minimum atomic E-state index is -1.03. The molecule has 2 atom stereocenters. The predicted octanol–water partition coefficient (Wildman–Crippen LogP) is 2.70. The van der Waals surface area contributed by atoms with Crippen molar-refractivity contribution in [3.8, 4) is 6.07 Å². The average molecular weight is 370 g/mol. The van der Waals surface area contributed by atoms with Crippen LogP contribution in [0.5, 0.6) is 0 Å². The second-order valence-electron chi connectivity index (χ2n) is 4.43. The monoisotopic (exact) mass is 369 g/mol. The summed E-state index contributed by atoms with van der Waals surface area (Å²) in [5.41, 5.74) is 0.669. The predicted molar refractivity (Wildman–Crippen MR) is 83.1 cm³/mol. The molecule has 2 unspecified atom stereocenters. The van der Waals surface area contributed by atoms with Crippen LogP contribution in [0, 0.1) is 11.3 Å². The van der Waals surface area contributed by atoms with Crippen molar-refractivity contribution >= 4 is 45.4 Å². The number of hydrogen-bond acceptors (Lipinski definition) is 4. The number of amides is 2. The van der Waals surface area contributed by atoms with Gasteiger partial charge < -0.3 is 10.4 Å². The number of aliphatic carboxylic acids is 1. The van der Waals surface area contributed by atoms with Gasteiger partial charge in [0.05, 0.1) is 16.6 Å². The number of nitriles is 1. The highest BCUT2D eigenvalue weighted by molar-refractivity contribution is 9.10. The number of anilines is 1. The molecule has 0 radical (unpaired) electrons. The van der Waals surface area contributed by atoms with E-state index in [-0.39, 0.29) is 5.37 Å². The number of nitrogens with zero attached hydrogens (tertiary/aromatic N) is 2. The molecule has 0 aliphatic carbocycles. The molecule has 21 heavy (non-hydrogen) atoms. The number of carboxylic acid groups (broad SMARTS) is 1. The molecular formula is C13H12BrN3O3S. The number of carboxylic acids is 1. The third kappa shape index (κ3) is 3.31. The van der Waals surface area contributed by atoms with E-state index in [1.807, 2.05) is 6.07 Å². The first-order chi connectivity index (χ1) is 9.93. The Balaban J connectivity index is 2.23. The molecule has 2 N–H and O–H groups in total. The Kier molecular flexibility index (Phi) is 4.75. The van der Waals surface area contributed by atoms with Gasteiger partial charge in [-0.15, -0.1) is 11.8 Å². The summed E-state index contributed by atoms with van der Waals surface area (Å²) < 4.78 is 0.718. The molecule has 1 aliphatic rings. The Morgan fingerprint density at radius 3 is 2.90 bits per heavy atom. The summed E-state index contributed by atoms with van der Waals surface area (Å²) in [6.45, 7) is 1.78.